The highest BCUT2D eigenvalue weighted by Gasteiger charge is 2.34. The van der Waals surface area contributed by atoms with Crippen molar-refractivity contribution in [3.8, 4) is 0 Å². The number of nitrogens with two attached hydrogens (primary N) is 1. The van der Waals surface area contributed by atoms with Crippen LogP contribution in [0.1, 0.15) is 0 Å². The fourth-order valence-corrected chi connectivity index (χ4v) is 4.03. The van der Waals surface area contributed by atoms with Gasteiger partial charge < -0.3 is 5.73 Å². The van der Waals surface area contributed by atoms with Crippen LogP contribution < -0.4 is 11.1 Å². The molecular formula is C10H9BrFN3O4S. The standard InChI is InChI=1S/C10H9BrFN3O4S/c11-5-1-6(12)7(13)2-8(5)20(18,19)15-3-9(16)14-10(17)4-15/h1-2H,3-4,13H2,(H,14,16,17). The van der Waals surface area contributed by atoms with Crippen LogP contribution in [0.25, 0.3) is 0 Å². The minimum atomic E-state index is -4.14. The number of sulfonamides is 1. The summed E-state index contributed by atoms with van der Waals surface area (Å²) in [5.74, 6) is -2.23. The molecule has 0 saturated carbocycles. The van der Waals surface area contributed by atoms with Crippen molar-refractivity contribution in [3.05, 3.63) is 22.4 Å². The number of imide groups is 1. The second-order valence-electron chi connectivity index (χ2n) is 4.05. The van der Waals surface area contributed by atoms with Crippen LogP contribution in [0.5, 0.6) is 0 Å². The van der Waals surface area contributed by atoms with Gasteiger partial charge >= 0.3 is 0 Å². The summed E-state index contributed by atoms with van der Waals surface area (Å²) < 4.78 is 38.6. The lowest BCUT2D eigenvalue weighted by Gasteiger charge is -2.25. The third kappa shape index (κ3) is 2.67. The van der Waals surface area contributed by atoms with E-state index in [0.29, 0.717) is 4.31 Å². The van der Waals surface area contributed by atoms with Crippen molar-refractivity contribution in [2.75, 3.05) is 18.8 Å². The molecule has 2 rings (SSSR count). The Kier molecular flexibility index (Phi) is 3.80. The molecule has 1 saturated heterocycles. The zero-order valence-corrected chi connectivity index (χ0v) is 12.3. The van der Waals surface area contributed by atoms with Gasteiger partial charge in [-0.3, -0.25) is 14.9 Å². The molecular weight excluding hydrogens is 357 g/mol. The molecule has 0 aromatic heterocycles. The minimum absolute atomic E-state index is 0.0392. The maximum absolute atomic E-state index is 13.2. The number of nitrogen functional groups attached to an aromatic ring is 1. The molecule has 0 aliphatic carbocycles. The largest absolute Gasteiger partial charge is 0.396 e. The van der Waals surface area contributed by atoms with Crippen LogP contribution in [0.3, 0.4) is 0 Å². The van der Waals surface area contributed by atoms with Gasteiger partial charge in [0.1, 0.15) is 5.82 Å². The lowest BCUT2D eigenvalue weighted by Crippen LogP contribution is -2.53. The fourth-order valence-electron chi connectivity index (χ4n) is 1.66. The number of anilines is 1. The first-order valence-corrected chi connectivity index (χ1v) is 7.52. The minimum Gasteiger partial charge on any atom is -0.396 e. The van der Waals surface area contributed by atoms with E-state index in [0.717, 1.165) is 12.1 Å². The molecule has 20 heavy (non-hydrogen) atoms. The van der Waals surface area contributed by atoms with Gasteiger partial charge in [0, 0.05) is 4.47 Å². The zero-order valence-electron chi connectivity index (χ0n) is 9.89. The second-order valence-corrected chi connectivity index (χ2v) is 6.81. The van der Waals surface area contributed by atoms with Gasteiger partial charge in [-0.2, -0.15) is 4.31 Å². The smallest absolute Gasteiger partial charge is 0.245 e. The van der Waals surface area contributed by atoms with Crippen LogP contribution >= 0.6 is 15.9 Å². The summed E-state index contributed by atoms with van der Waals surface area (Å²) in [6.45, 7) is -0.977. The zero-order chi connectivity index (χ0) is 15.1. The van der Waals surface area contributed by atoms with Crippen molar-refractivity contribution < 1.29 is 22.4 Å². The molecule has 2 amide bonds. The van der Waals surface area contributed by atoms with Crippen molar-refractivity contribution in [3.63, 3.8) is 0 Å². The number of halogens is 2. The summed E-state index contributed by atoms with van der Waals surface area (Å²) in [6.07, 6.45) is 0. The van der Waals surface area contributed by atoms with Crippen LogP contribution in [-0.2, 0) is 19.6 Å². The SMILES string of the molecule is Nc1cc(S(=O)(=O)N2CC(=O)NC(=O)C2)c(Br)cc1F. The van der Waals surface area contributed by atoms with Crippen molar-refractivity contribution in [1.29, 1.82) is 0 Å². The maximum Gasteiger partial charge on any atom is 0.245 e. The molecule has 0 unspecified atom stereocenters. The molecule has 0 spiro atoms. The van der Waals surface area contributed by atoms with Gasteiger partial charge in [-0.15, -0.1) is 0 Å². The topological polar surface area (TPSA) is 110 Å². The number of benzene rings is 1. The summed E-state index contributed by atoms with van der Waals surface area (Å²) in [5.41, 5.74) is 5.00. The number of piperazine rings is 1. The molecule has 1 aromatic carbocycles. The van der Waals surface area contributed by atoms with Gasteiger partial charge in [0.15, 0.2) is 0 Å². The van der Waals surface area contributed by atoms with Crippen LogP contribution in [0.2, 0.25) is 0 Å². The second kappa shape index (κ2) is 5.11. The summed E-state index contributed by atoms with van der Waals surface area (Å²) in [7, 11) is -4.14. The Morgan fingerprint density at radius 1 is 1.25 bits per heavy atom. The third-order valence-corrected chi connectivity index (χ3v) is 5.34. The van der Waals surface area contributed by atoms with Crippen molar-refractivity contribution in [1.82, 2.24) is 9.62 Å². The molecule has 10 heteroatoms. The van der Waals surface area contributed by atoms with Crippen molar-refractivity contribution in [2.24, 2.45) is 0 Å². The van der Waals surface area contributed by atoms with E-state index in [2.05, 4.69) is 15.9 Å². The quantitative estimate of drug-likeness (QED) is 0.557. The van der Waals surface area contributed by atoms with E-state index < -0.39 is 40.7 Å². The Bertz CT molecular complexity index is 691. The number of rotatable bonds is 2. The van der Waals surface area contributed by atoms with E-state index in [1.54, 1.807) is 0 Å². The van der Waals surface area contributed by atoms with Gasteiger partial charge in [-0.25, -0.2) is 12.8 Å². The Morgan fingerprint density at radius 3 is 2.35 bits per heavy atom. The van der Waals surface area contributed by atoms with Gasteiger partial charge in [-0.05, 0) is 28.1 Å². The first-order valence-electron chi connectivity index (χ1n) is 5.29. The molecule has 108 valence electrons. The molecule has 7 nitrogen and oxygen atoms in total. The number of nitrogens with one attached hydrogen (secondary N) is 1. The number of carbonyl (C=O) groups is 2. The Balaban J connectivity index is 2.47. The maximum atomic E-state index is 13.2. The Labute approximate surface area is 122 Å². The number of nitrogens with zero attached hydrogens (tertiary/aromatic N) is 1. The molecule has 0 bridgehead atoms. The van der Waals surface area contributed by atoms with Crippen molar-refractivity contribution >= 4 is 43.5 Å². The average molecular weight is 366 g/mol. The highest BCUT2D eigenvalue weighted by Crippen LogP contribution is 2.29. The molecule has 1 fully saturated rings. The van der Waals surface area contributed by atoms with Crippen LogP contribution in [0.15, 0.2) is 21.5 Å². The predicted octanol–water partition coefficient (Wildman–Crippen LogP) is -0.183. The first-order chi connectivity index (χ1) is 9.21. The number of hydrogen-bond donors (Lipinski definition) is 2. The molecule has 1 aliphatic rings. The lowest BCUT2D eigenvalue weighted by atomic mass is 10.3. The molecule has 1 heterocycles. The lowest BCUT2D eigenvalue weighted by molar-refractivity contribution is -0.134. The third-order valence-electron chi connectivity index (χ3n) is 2.59. The van der Waals surface area contributed by atoms with Crippen LogP contribution in [0.4, 0.5) is 10.1 Å². The van der Waals surface area contributed by atoms with E-state index in [4.69, 9.17) is 5.73 Å². The van der Waals surface area contributed by atoms with E-state index in [1.807, 2.05) is 5.32 Å². The summed E-state index contributed by atoms with van der Waals surface area (Å²) in [4.78, 5) is 22.2. The summed E-state index contributed by atoms with van der Waals surface area (Å²) in [5, 5.41) is 1.99. The van der Waals surface area contributed by atoms with E-state index >= 15 is 0 Å². The Morgan fingerprint density at radius 2 is 1.80 bits per heavy atom. The van der Waals surface area contributed by atoms with E-state index in [1.165, 1.54) is 0 Å². The average Bonchev–Trinajstić information content (AvgIpc) is 2.32. The highest BCUT2D eigenvalue weighted by molar-refractivity contribution is 9.10. The number of amides is 2. The summed E-state index contributed by atoms with van der Waals surface area (Å²) >= 11 is 2.93. The molecule has 3 N–H and O–H groups in total. The normalized spacial score (nSPS) is 17.1. The van der Waals surface area contributed by atoms with Gasteiger partial charge in [-0.1, -0.05) is 0 Å². The van der Waals surface area contributed by atoms with Crippen LogP contribution in [0, 0.1) is 5.82 Å². The molecule has 0 atom stereocenters. The monoisotopic (exact) mass is 365 g/mol. The highest BCUT2D eigenvalue weighted by atomic mass is 79.9. The molecule has 1 aromatic rings. The molecule has 0 radical (unpaired) electrons. The first kappa shape index (κ1) is 14.9. The number of carbonyl (C=O) groups excluding carboxylic acids is 2. The van der Waals surface area contributed by atoms with E-state index in [-0.39, 0.29) is 15.1 Å². The van der Waals surface area contributed by atoms with Crippen LogP contribution in [-0.4, -0.2) is 37.6 Å². The number of hydrogen-bond acceptors (Lipinski definition) is 5. The fraction of sp³-hybridized carbons (Fsp3) is 0.200. The summed E-state index contributed by atoms with van der Waals surface area (Å²) in [6, 6.07) is 1.85. The predicted molar refractivity (Wildman–Crippen MR) is 70.4 cm³/mol. The Hall–Kier alpha value is -1.52. The van der Waals surface area contributed by atoms with Gasteiger partial charge in [0.05, 0.1) is 23.7 Å². The van der Waals surface area contributed by atoms with Gasteiger partial charge in [0.25, 0.3) is 0 Å². The van der Waals surface area contributed by atoms with E-state index in [9.17, 15) is 22.4 Å². The van der Waals surface area contributed by atoms with Gasteiger partial charge in [0.2, 0.25) is 21.8 Å². The molecule has 1 aliphatic heterocycles. The van der Waals surface area contributed by atoms with Crippen molar-refractivity contribution in [2.45, 2.75) is 4.90 Å².